The SMILES string of the molecule is O=C([O-])C1=Cc2ccccc2NC1. The Balaban J connectivity index is 2.44. The highest BCUT2D eigenvalue weighted by Crippen LogP contribution is 2.22. The van der Waals surface area contributed by atoms with Crippen LogP contribution in [0.1, 0.15) is 5.56 Å². The van der Waals surface area contributed by atoms with Crippen molar-refractivity contribution in [3.63, 3.8) is 0 Å². The molecule has 0 atom stereocenters. The highest BCUT2D eigenvalue weighted by atomic mass is 16.4. The van der Waals surface area contributed by atoms with Gasteiger partial charge in [0.25, 0.3) is 0 Å². The summed E-state index contributed by atoms with van der Waals surface area (Å²) in [6.07, 6.45) is 1.64. The van der Waals surface area contributed by atoms with Gasteiger partial charge >= 0.3 is 0 Å². The number of para-hydroxylation sites is 1. The Bertz CT molecular complexity index is 382. The lowest BCUT2D eigenvalue weighted by Gasteiger charge is -2.18. The minimum Gasteiger partial charge on any atom is -0.545 e. The minimum absolute atomic E-state index is 0.290. The Morgan fingerprint density at radius 1 is 1.38 bits per heavy atom. The number of rotatable bonds is 1. The Kier molecular flexibility index (Phi) is 1.77. The molecule has 0 spiro atoms. The largest absolute Gasteiger partial charge is 0.545 e. The maximum Gasteiger partial charge on any atom is 0.0692 e. The molecule has 0 aliphatic carbocycles. The summed E-state index contributed by atoms with van der Waals surface area (Å²) in [5.74, 6) is -1.11. The van der Waals surface area contributed by atoms with Crippen LogP contribution in [-0.2, 0) is 4.79 Å². The van der Waals surface area contributed by atoms with Crippen LogP contribution in [0.25, 0.3) is 6.08 Å². The summed E-state index contributed by atoms with van der Waals surface area (Å²) in [6, 6.07) is 7.56. The number of aliphatic carboxylic acids is 1. The summed E-state index contributed by atoms with van der Waals surface area (Å²) in [6.45, 7) is 0.333. The molecule has 0 radical (unpaired) electrons. The molecule has 0 fully saturated rings. The number of carbonyl (C=O) groups excluding carboxylic acids is 1. The number of nitrogens with one attached hydrogen (secondary N) is 1. The highest BCUT2D eigenvalue weighted by molar-refractivity contribution is 5.94. The van der Waals surface area contributed by atoms with Crippen molar-refractivity contribution >= 4 is 17.7 Å². The maximum atomic E-state index is 10.5. The molecule has 2 rings (SSSR count). The number of fused-ring (bicyclic) bond motifs is 1. The van der Waals surface area contributed by atoms with Gasteiger partial charge in [0.2, 0.25) is 0 Å². The Labute approximate surface area is 75.7 Å². The van der Waals surface area contributed by atoms with Crippen molar-refractivity contribution in [1.29, 1.82) is 0 Å². The topological polar surface area (TPSA) is 52.2 Å². The van der Waals surface area contributed by atoms with Gasteiger partial charge in [-0.2, -0.15) is 0 Å². The quantitative estimate of drug-likeness (QED) is 0.663. The van der Waals surface area contributed by atoms with Crippen LogP contribution in [0, 0.1) is 0 Å². The number of benzene rings is 1. The van der Waals surface area contributed by atoms with Crippen molar-refractivity contribution in [2.75, 3.05) is 11.9 Å². The van der Waals surface area contributed by atoms with Crippen LogP contribution in [0.5, 0.6) is 0 Å². The first kappa shape index (κ1) is 7.86. The predicted molar refractivity (Wildman–Crippen MR) is 47.9 cm³/mol. The van der Waals surface area contributed by atoms with Crippen molar-refractivity contribution in [2.45, 2.75) is 0 Å². The molecule has 1 aliphatic rings. The second-order valence-corrected chi connectivity index (χ2v) is 2.90. The molecular weight excluding hydrogens is 166 g/mol. The van der Waals surface area contributed by atoms with Gasteiger partial charge in [0.1, 0.15) is 0 Å². The second-order valence-electron chi connectivity index (χ2n) is 2.90. The molecular formula is C10H8NO2-. The van der Waals surface area contributed by atoms with Crippen LogP contribution in [0.3, 0.4) is 0 Å². The van der Waals surface area contributed by atoms with Gasteiger partial charge in [-0.15, -0.1) is 0 Å². The van der Waals surface area contributed by atoms with Crippen LogP contribution < -0.4 is 10.4 Å². The van der Waals surface area contributed by atoms with E-state index in [0.29, 0.717) is 12.1 Å². The van der Waals surface area contributed by atoms with Gasteiger partial charge in [-0.1, -0.05) is 18.2 Å². The minimum atomic E-state index is -1.11. The zero-order valence-corrected chi connectivity index (χ0v) is 6.91. The normalized spacial score (nSPS) is 14.0. The average molecular weight is 174 g/mol. The lowest BCUT2D eigenvalue weighted by molar-refractivity contribution is -0.299. The number of carboxylic acid groups (broad SMARTS) is 1. The summed E-state index contributed by atoms with van der Waals surface area (Å²) in [7, 11) is 0. The Hall–Kier alpha value is -1.77. The average Bonchev–Trinajstić information content (AvgIpc) is 2.17. The first-order valence-corrected chi connectivity index (χ1v) is 4.02. The number of carboxylic acids is 1. The number of anilines is 1. The fraction of sp³-hybridized carbons (Fsp3) is 0.100. The van der Waals surface area contributed by atoms with Gasteiger partial charge in [0.05, 0.1) is 5.97 Å². The molecule has 0 bridgehead atoms. The van der Waals surface area contributed by atoms with Gasteiger partial charge in [0.15, 0.2) is 0 Å². The van der Waals surface area contributed by atoms with Crippen molar-refractivity contribution in [1.82, 2.24) is 0 Å². The monoisotopic (exact) mass is 174 g/mol. The fourth-order valence-electron chi connectivity index (χ4n) is 1.34. The molecule has 0 saturated carbocycles. The van der Waals surface area contributed by atoms with Crippen LogP contribution in [0.2, 0.25) is 0 Å². The van der Waals surface area contributed by atoms with Crippen molar-refractivity contribution < 1.29 is 9.90 Å². The molecule has 1 aromatic rings. The lowest BCUT2D eigenvalue weighted by atomic mass is 10.1. The fourth-order valence-corrected chi connectivity index (χ4v) is 1.34. The van der Waals surface area contributed by atoms with E-state index in [1.807, 2.05) is 24.3 Å². The van der Waals surface area contributed by atoms with Crippen LogP contribution in [0.15, 0.2) is 29.8 Å². The van der Waals surface area contributed by atoms with E-state index in [2.05, 4.69) is 5.32 Å². The van der Waals surface area contributed by atoms with Gasteiger partial charge in [0, 0.05) is 12.2 Å². The van der Waals surface area contributed by atoms with E-state index in [9.17, 15) is 9.90 Å². The second kappa shape index (κ2) is 2.94. The van der Waals surface area contributed by atoms with Crippen molar-refractivity contribution in [3.8, 4) is 0 Å². The van der Waals surface area contributed by atoms with Crippen LogP contribution >= 0.6 is 0 Å². The molecule has 3 nitrogen and oxygen atoms in total. The first-order valence-electron chi connectivity index (χ1n) is 4.02. The molecule has 0 amide bonds. The summed E-state index contributed by atoms with van der Waals surface area (Å²) in [5.41, 5.74) is 2.15. The molecule has 1 N–H and O–H groups in total. The van der Waals surface area contributed by atoms with Gasteiger partial charge in [-0.05, 0) is 23.3 Å². The van der Waals surface area contributed by atoms with E-state index >= 15 is 0 Å². The third-order valence-electron chi connectivity index (χ3n) is 2.02. The summed E-state index contributed by atoms with van der Waals surface area (Å²) < 4.78 is 0. The summed E-state index contributed by atoms with van der Waals surface area (Å²) in [4.78, 5) is 10.5. The third kappa shape index (κ3) is 1.40. The van der Waals surface area contributed by atoms with E-state index in [1.165, 1.54) is 0 Å². The standard InChI is InChI=1S/C10H9NO2/c12-10(13)8-5-7-3-1-2-4-9(7)11-6-8/h1-5,11H,6H2,(H,12,13)/p-1. The maximum absolute atomic E-state index is 10.5. The molecule has 0 unspecified atom stereocenters. The van der Waals surface area contributed by atoms with Gasteiger partial charge < -0.3 is 15.2 Å². The molecule has 66 valence electrons. The zero-order chi connectivity index (χ0) is 9.26. The zero-order valence-electron chi connectivity index (χ0n) is 6.91. The van der Waals surface area contributed by atoms with Gasteiger partial charge in [-0.3, -0.25) is 0 Å². The van der Waals surface area contributed by atoms with Crippen LogP contribution in [-0.4, -0.2) is 12.5 Å². The molecule has 13 heavy (non-hydrogen) atoms. The third-order valence-corrected chi connectivity index (χ3v) is 2.02. The number of hydrogen-bond donors (Lipinski definition) is 1. The van der Waals surface area contributed by atoms with E-state index in [-0.39, 0.29) is 0 Å². The molecule has 3 heteroatoms. The first-order chi connectivity index (χ1) is 6.27. The number of carbonyl (C=O) groups is 1. The van der Waals surface area contributed by atoms with Crippen molar-refractivity contribution in [2.24, 2.45) is 0 Å². The lowest BCUT2D eigenvalue weighted by Crippen LogP contribution is -2.29. The predicted octanol–water partition coefficient (Wildman–Crippen LogP) is 0.245. The van der Waals surface area contributed by atoms with Crippen molar-refractivity contribution in [3.05, 3.63) is 35.4 Å². The summed E-state index contributed by atoms with van der Waals surface area (Å²) in [5, 5.41) is 13.5. The Morgan fingerprint density at radius 3 is 2.92 bits per heavy atom. The van der Waals surface area contributed by atoms with E-state index < -0.39 is 5.97 Å². The molecule has 1 aromatic carbocycles. The van der Waals surface area contributed by atoms with E-state index in [4.69, 9.17) is 0 Å². The molecule has 1 aliphatic heterocycles. The van der Waals surface area contributed by atoms with E-state index in [1.54, 1.807) is 6.08 Å². The van der Waals surface area contributed by atoms with Gasteiger partial charge in [-0.25, -0.2) is 0 Å². The molecule has 0 saturated heterocycles. The number of hydrogen-bond acceptors (Lipinski definition) is 3. The highest BCUT2D eigenvalue weighted by Gasteiger charge is 2.08. The van der Waals surface area contributed by atoms with E-state index in [0.717, 1.165) is 11.3 Å². The van der Waals surface area contributed by atoms with Crippen LogP contribution in [0.4, 0.5) is 5.69 Å². The molecule has 1 heterocycles. The Morgan fingerprint density at radius 2 is 2.15 bits per heavy atom. The smallest absolute Gasteiger partial charge is 0.0692 e. The summed E-state index contributed by atoms with van der Waals surface area (Å²) >= 11 is 0. The molecule has 0 aromatic heterocycles.